The lowest BCUT2D eigenvalue weighted by atomic mass is 9.83. The topological polar surface area (TPSA) is 29.0 Å². The summed E-state index contributed by atoms with van der Waals surface area (Å²) in [6.07, 6.45) is 2.40. The van der Waals surface area contributed by atoms with Crippen molar-refractivity contribution in [3.8, 4) is 0 Å². The van der Waals surface area contributed by atoms with Crippen LogP contribution in [0.5, 0.6) is 0 Å². The molecule has 0 saturated carbocycles. The van der Waals surface area contributed by atoms with Gasteiger partial charge in [-0.2, -0.15) is 0 Å². The minimum atomic E-state index is 0.461. The summed E-state index contributed by atoms with van der Waals surface area (Å²) in [5.41, 5.74) is 0.461. The summed E-state index contributed by atoms with van der Waals surface area (Å²) in [5.74, 6) is 1.71. The molecule has 1 aliphatic rings. The van der Waals surface area contributed by atoms with Crippen LogP contribution in [0.4, 0.5) is 5.82 Å². The van der Waals surface area contributed by atoms with Crippen molar-refractivity contribution in [2.45, 2.75) is 33.6 Å². The highest BCUT2D eigenvalue weighted by atomic mass is 35.5. The highest BCUT2D eigenvalue weighted by Crippen LogP contribution is 2.31. The number of hydrogen-bond donors (Lipinski definition) is 0. The van der Waals surface area contributed by atoms with E-state index in [1.807, 2.05) is 13.0 Å². The Kier molecular flexibility index (Phi) is 3.06. The predicted octanol–water partition coefficient (Wildman–Crippen LogP) is 3.06. The molecule has 0 bridgehead atoms. The van der Waals surface area contributed by atoms with E-state index in [-0.39, 0.29) is 0 Å². The number of rotatable bonds is 1. The summed E-state index contributed by atoms with van der Waals surface area (Å²) in [5, 5.41) is 0.535. The Bertz CT molecular complexity index is 360. The van der Waals surface area contributed by atoms with E-state index in [2.05, 4.69) is 28.7 Å². The summed E-state index contributed by atoms with van der Waals surface area (Å²) in [6.45, 7) is 8.63. The molecule has 4 heteroatoms. The highest BCUT2D eigenvalue weighted by Gasteiger charge is 2.26. The maximum absolute atomic E-state index is 5.95. The summed E-state index contributed by atoms with van der Waals surface area (Å²) in [6, 6.07) is 1.85. The molecule has 1 saturated heterocycles. The first kappa shape index (κ1) is 11.6. The van der Waals surface area contributed by atoms with Crippen molar-refractivity contribution in [2.75, 3.05) is 18.0 Å². The summed E-state index contributed by atoms with van der Waals surface area (Å²) < 4.78 is 0. The number of aromatic nitrogens is 2. The van der Waals surface area contributed by atoms with Gasteiger partial charge in [-0.25, -0.2) is 9.97 Å². The van der Waals surface area contributed by atoms with Crippen molar-refractivity contribution in [3.05, 3.63) is 17.0 Å². The zero-order chi connectivity index (χ0) is 11.8. The first-order valence-corrected chi connectivity index (χ1v) is 6.10. The van der Waals surface area contributed by atoms with Crippen LogP contribution >= 0.6 is 11.6 Å². The van der Waals surface area contributed by atoms with Crippen LogP contribution < -0.4 is 4.90 Å². The van der Waals surface area contributed by atoms with Gasteiger partial charge in [0.2, 0.25) is 0 Å². The number of hydrogen-bond acceptors (Lipinski definition) is 3. The average Bonchev–Trinajstić information content (AvgIpc) is 2.15. The Morgan fingerprint density at radius 1 is 1.25 bits per heavy atom. The second-order valence-corrected chi connectivity index (χ2v) is 5.63. The molecule has 0 amide bonds. The first-order valence-electron chi connectivity index (χ1n) is 5.72. The molecule has 1 aromatic heterocycles. The van der Waals surface area contributed by atoms with Crippen LogP contribution in [0.25, 0.3) is 0 Å². The highest BCUT2D eigenvalue weighted by molar-refractivity contribution is 6.29. The second-order valence-electron chi connectivity index (χ2n) is 5.25. The molecule has 0 radical (unpaired) electrons. The Morgan fingerprint density at radius 2 is 1.88 bits per heavy atom. The molecule has 1 fully saturated rings. The van der Waals surface area contributed by atoms with Gasteiger partial charge in [-0.15, -0.1) is 0 Å². The van der Waals surface area contributed by atoms with Crippen LogP contribution in [0.2, 0.25) is 5.15 Å². The van der Waals surface area contributed by atoms with Gasteiger partial charge in [0.05, 0.1) is 0 Å². The third-order valence-electron chi connectivity index (χ3n) is 3.23. The Balaban J connectivity index is 2.14. The lowest BCUT2D eigenvalue weighted by Crippen LogP contribution is -2.37. The Morgan fingerprint density at radius 3 is 2.44 bits per heavy atom. The van der Waals surface area contributed by atoms with Crippen LogP contribution in [0.1, 0.15) is 32.5 Å². The Hall–Kier alpha value is -0.830. The van der Waals surface area contributed by atoms with Crippen LogP contribution in [-0.4, -0.2) is 23.1 Å². The number of piperidine rings is 1. The van der Waals surface area contributed by atoms with Gasteiger partial charge in [0.25, 0.3) is 0 Å². The fourth-order valence-electron chi connectivity index (χ4n) is 2.02. The van der Waals surface area contributed by atoms with Crippen molar-refractivity contribution in [1.82, 2.24) is 9.97 Å². The number of nitrogens with zero attached hydrogens (tertiary/aromatic N) is 3. The first-order chi connectivity index (χ1) is 7.46. The minimum absolute atomic E-state index is 0.461. The third-order valence-corrected chi connectivity index (χ3v) is 3.43. The lowest BCUT2D eigenvalue weighted by Gasteiger charge is -2.37. The number of anilines is 1. The standard InChI is InChI=1S/C12H18ClN3/c1-9-14-10(13)8-11(15-9)16-6-4-12(2,3)5-7-16/h8H,4-7H2,1-3H3. The van der Waals surface area contributed by atoms with E-state index >= 15 is 0 Å². The quantitative estimate of drug-likeness (QED) is 0.706. The molecule has 1 aliphatic heterocycles. The van der Waals surface area contributed by atoms with Crippen LogP contribution in [0.3, 0.4) is 0 Å². The molecule has 3 nitrogen and oxygen atoms in total. The van der Waals surface area contributed by atoms with E-state index in [1.54, 1.807) is 0 Å². The van der Waals surface area contributed by atoms with Crippen molar-refractivity contribution < 1.29 is 0 Å². The molecular weight excluding hydrogens is 222 g/mol. The van der Waals surface area contributed by atoms with Gasteiger partial charge in [0.1, 0.15) is 16.8 Å². The van der Waals surface area contributed by atoms with Crippen LogP contribution in [0.15, 0.2) is 6.07 Å². The van der Waals surface area contributed by atoms with E-state index in [0.717, 1.165) is 24.7 Å². The molecule has 0 aromatic carbocycles. The van der Waals surface area contributed by atoms with Gasteiger partial charge in [-0.05, 0) is 25.2 Å². The molecule has 2 heterocycles. The molecule has 1 aromatic rings. The zero-order valence-corrected chi connectivity index (χ0v) is 10.9. The molecular formula is C12H18ClN3. The molecule has 0 atom stereocenters. The largest absolute Gasteiger partial charge is 0.356 e. The van der Waals surface area contributed by atoms with Gasteiger partial charge in [-0.1, -0.05) is 25.4 Å². The fraction of sp³-hybridized carbons (Fsp3) is 0.667. The van der Waals surface area contributed by atoms with Gasteiger partial charge < -0.3 is 4.90 Å². The van der Waals surface area contributed by atoms with Crippen molar-refractivity contribution >= 4 is 17.4 Å². The van der Waals surface area contributed by atoms with Crippen LogP contribution in [-0.2, 0) is 0 Å². The monoisotopic (exact) mass is 239 g/mol. The third kappa shape index (κ3) is 2.64. The normalized spacial score (nSPS) is 19.9. The van der Waals surface area contributed by atoms with Crippen molar-refractivity contribution in [1.29, 1.82) is 0 Å². The summed E-state index contributed by atoms with van der Waals surface area (Å²) in [7, 11) is 0. The molecule has 0 aliphatic carbocycles. The maximum atomic E-state index is 5.95. The minimum Gasteiger partial charge on any atom is -0.356 e. The molecule has 0 spiro atoms. The van der Waals surface area contributed by atoms with Crippen LogP contribution in [0, 0.1) is 12.3 Å². The van der Waals surface area contributed by atoms with Crippen molar-refractivity contribution in [3.63, 3.8) is 0 Å². The van der Waals surface area contributed by atoms with E-state index < -0.39 is 0 Å². The second kappa shape index (κ2) is 4.21. The van der Waals surface area contributed by atoms with E-state index in [0.29, 0.717) is 10.6 Å². The number of halogens is 1. The van der Waals surface area contributed by atoms with E-state index in [1.165, 1.54) is 12.8 Å². The smallest absolute Gasteiger partial charge is 0.134 e. The molecule has 88 valence electrons. The van der Waals surface area contributed by atoms with E-state index in [4.69, 9.17) is 11.6 Å². The van der Waals surface area contributed by atoms with Gasteiger partial charge in [0, 0.05) is 19.2 Å². The Labute approximate surface area is 102 Å². The van der Waals surface area contributed by atoms with E-state index in [9.17, 15) is 0 Å². The van der Waals surface area contributed by atoms with Crippen molar-refractivity contribution in [2.24, 2.45) is 5.41 Å². The number of aryl methyl sites for hydroxylation is 1. The zero-order valence-electron chi connectivity index (χ0n) is 10.1. The summed E-state index contributed by atoms with van der Waals surface area (Å²) in [4.78, 5) is 10.8. The molecule has 16 heavy (non-hydrogen) atoms. The van der Waals surface area contributed by atoms with Gasteiger partial charge in [-0.3, -0.25) is 0 Å². The summed E-state index contributed by atoms with van der Waals surface area (Å²) >= 11 is 5.95. The molecule has 2 rings (SSSR count). The van der Waals surface area contributed by atoms with Gasteiger partial charge in [0.15, 0.2) is 0 Å². The average molecular weight is 240 g/mol. The van der Waals surface area contributed by atoms with Gasteiger partial charge >= 0.3 is 0 Å². The SMILES string of the molecule is Cc1nc(Cl)cc(N2CCC(C)(C)CC2)n1. The fourth-order valence-corrected chi connectivity index (χ4v) is 2.24. The molecule has 0 N–H and O–H groups in total. The predicted molar refractivity (Wildman–Crippen MR) is 67.0 cm³/mol. The lowest BCUT2D eigenvalue weighted by molar-refractivity contribution is 0.279. The molecule has 0 unspecified atom stereocenters. The maximum Gasteiger partial charge on any atom is 0.134 e.